The largest absolute Gasteiger partial charge is 0.377 e. The topological polar surface area (TPSA) is 44.3 Å². The van der Waals surface area contributed by atoms with Crippen molar-refractivity contribution in [2.75, 3.05) is 44.0 Å². The number of hydrogen-bond donors (Lipinski definition) is 1. The monoisotopic (exact) mass is 283 g/mol. The number of likely N-dealkylation sites (N-methyl/N-ethyl adjacent to an activating group) is 1. The highest BCUT2D eigenvalue weighted by Gasteiger charge is 2.22. The Bertz CT molecular complexity index is 604. The third-order valence-corrected chi connectivity index (χ3v) is 3.97. The zero-order valence-electron chi connectivity index (χ0n) is 12.7. The third kappa shape index (κ3) is 2.69. The van der Waals surface area contributed by atoms with Crippen LogP contribution in [0.15, 0.2) is 36.7 Å². The standard InChI is InChI=1S/C16H21N5/c1-20(2)15-7-5-4-6-13(15)14-10-19-16(11-18-14)21(3)12-8-17-9-12/h4-7,10-12,17H,8-9H2,1-3H3. The predicted molar refractivity (Wildman–Crippen MR) is 86.9 cm³/mol. The van der Waals surface area contributed by atoms with Crippen molar-refractivity contribution in [2.45, 2.75) is 6.04 Å². The molecule has 0 saturated carbocycles. The molecule has 0 bridgehead atoms. The lowest BCUT2D eigenvalue weighted by molar-refractivity contribution is 0.426. The van der Waals surface area contributed by atoms with Crippen LogP contribution in [0, 0.1) is 0 Å². The van der Waals surface area contributed by atoms with Gasteiger partial charge in [0.15, 0.2) is 0 Å². The maximum absolute atomic E-state index is 4.60. The Kier molecular flexibility index (Phi) is 3.75. The zero-order valence-corrected chi connectivity index (χ0v) is 12.7. The van der Waals surface area contributed by atoms with Crippen LogP contribution in [0.5, 0.6) is 0 Å². The van der Waals surface area contributed by atoms with Crippen molar-refractivity contribution >= 4 is 11.5 Å². The van der Waals surface area contributed by atoms with Gasteiger partial charge in [0, 0.05) is 45.5 Å². The second-order valence-electron chi connectivity index (χ2n) is 5.59. The molecule has 0 spiro atoms. The molecule has 1 saturated heterocycles. The summed E-state index contributed by atoms with van der Waals surface area (Å²) in [5, 5.41) is 3.27. The summed E-state index contributed by atoms with van der Waals surface area (Å²) in [6.45, 7) is 2.03. The number of para-hydroxylation sites is 1. The fourth-order valence-corrected chi connectivity index (χ4v) is 2.46. The number of benzene rings is 1. The SMILES string of the molecule is CN(C)c1ccccc1-c1cnc(N(C)C2CNC2)cn1. The maximum Gasteiger partial charge on any atom is 0.147 e. The molecule has 1 aliphatic heterocycles. The van der Waals surface area contributed by atoms with E-state index in [-0.39, 0.29) is 0 Å². The van der Waals surface area contributed by atoms with E-state index in [0.717, 1.165) is 35.9 Å². The Balaban J connectivity index is 1.87. The van der Waals surface area contributed by atoms with Crippen molar-refractivity contribution in [3.63, 3.8) is 0 Å². The molecule has 5 nitrogen and oxygen atoms in total. The number of rotatable bonds is 4. The normalized spacial score (nSPS) is 14.6. The van der Waals surface area contributed by atoms with Gasteiger partial charge in [0.25, 0.3) is 0 Å². The zero-order chi connectivity index (χ0) is 14.8. The van der Waals surface area contributed by atoms with Gasteiger partial charge in [-0.05, 0) is 6.07 Å². The van der Waals surface area contributed by atoms with Crippen LogP contribution < -0.4 is 15.1 Å². The molecule has 2 aromatic rings. The lowest BCUT2D eigenvalue weighted by Crippen LogP contribution is -2.56. The lowest BCUT2D eigenvalue weighted by Gasteiger charge is -2.36. The Hall–Kier alpha value is -2.14. The summed E-state index contributed by atoms with van der Waals surface area (Å²) in [5.41, 5.74) is 3.16. The molecule has 0 radical (unpaired) electrons. The van der Waals surface area contributed by atoms with E-state index in [9.17, 15) is 0 Å². The molecule has 5 heteroatoms. The molecule has 110 valence electrons. The summed E-state index contributed by atoms with van der Waals surface area (Å²) < 4.78 is 0. The molecule has 1 N–H and O–H groups in total. The van der Waals surface area contributed by atoms with Crippen LogP contribution in [-0.2, 0) is 0 Å². The van der Waals surface area contributed by atoms with Crippen molar-refractivity contribution in [3.8, 4) is 11.3 Å². The second kappa shape index (κ2) is 5.69. The Morgan fingerprint density at radius 1 is 1.05 bits per heavy atom. The minimum Gasteiger partial charge on any atom is -0.377 e. The molecule has 0 aliphatic carbocycles. The van der Waals surface area contributed by atoms with E-state index in [1.807, 2.05) is 38.6 Å². The van der Waals surface area contributed by atoms with Gasteiger partial charge >= 0.3 is 0 Å². The summed E-state index contributed by atoms with van der Waals surface area (Å²) >= 11 is 0. The van der Waals surface area contributed by atoms with Crippen molar-refractivity contribution in [2.24, 2.45) is 0 Å². The van der Waals surface area contributed by atoms with E-state index in [1.54, 1.807) is 0 Å². The van der Waals surface area contributed by atoms with Gasteiger partial charge in [0.1, 0.15) is 5.82 Å². The first-order valence-electron chi connectivity index (χ1n) is 7.19. The Labute approximate surface area is 125 Å². The van der Waals surface area contributed by atoms with Crippen molar-refractivity contribution in [1.29, 1.82) is 0 Å². The van der Waals surface area contributed by atoms with Gasteiger partial charge in [0.05, 0.1) is 24.1 Å². The van der Waals surface area contributed by atoms with Gasteiger partial charge < -0.3 is 15.1 Å². The van der Waals surface area contributed by atoms with Crippen LogP contribution in [0.3, 0.4) is 0 Å². The smallest absolute Gasteiger partial charge is 0.147 e. The molecule has 21 heavy (non-hydrogen) atoms. The molecular formula is C16H21N5. The highest BCUT2D eigenvalue weighted by molar-refractivity contribution is 5.75. The minimum absolute atomic E-state index is 0.527. The first-order valence-corrected chi connectivity index (χ1v) is 7.19. The number of anilines is 2. The van der Waals surface area contributed by atoms with E-state index in [2.05, 4.69) is 44.3 Å². The van der Waals surface area contributed by atoms with Crippen LogP contribution in [-0.4, -0.2) is 50.2 Å². The molecule has 1 aliphatic rings. The average molecular weight is 283 g/mol. The van der Waals surface area contributed by atoms with Crippen LogP contribution >= 0.6 is 0 Å². The van der Waals surface area contributed by atoms with Gasteiger partial charge in [0.2, 0.25) is 0 Å². The highest BCUT2D eigenvalue weighted by Crippen LogP contribution is 2.28. The summed E-state index contributed by atoms with van der Waals surface area (Å²) in [4.78, 5) is 13.5. The van der Waals surface area contributed by atoms with Crippen LogP contribution in [0.2, 0.25) is 0 Å². The van der Waals surface area contributed by atoms with Crippen LogP contribution in [0.25, 0.3) is 11.3 Å². The van der Waals surface area contributed by atoms with Crippen molar-refractivity contribution in [3.05, 3.63) is 36.7 Å². The Morgan fingerprint density at radius 2 is 1.81 bits per heavy atom. The summed E-state index contributed by atoms with van der Waals surface area (Å²) in [5.74, 6) is 0.924. The van der Waals surface area contributed by atoms with Crippen molar-refractivity contribution < 1.29 is 0 Å². The lowest BCUT2D eigenvalue weighted by atomic mass is 10.1. The van der Waals surface area contributed by atoms with Crippen LogP contribution in [0.4, 0.5) is 11.5 Å². The molecular weight excluding hydrogens is 262 g/mol. The van der Waals surface area contributed by atoms with E-state index in [4.69, 9.17) is 0 Å². The highest BCUT2D eigenvalue weighted by atomic mass is 15.3. The molecule has 1 aromatic heterocycles. The first-order chi connectivity index (χ1) is 10.2. The van der Waals surface area contributed by atoms with Gasteiger partial charge in [-0.2, -0.15) is 0 Å². The van der Waals surface area contributed by atoms with Gasteiger partial charge in [-0.3, -0.25) is 4.98 Å². The van der Waals surface area contributed by atoms with Gasteiger partial charge in [-0.25, -0.2) is 4.98 Å². The van der Waals surface area contributed by atoms with E-state index in [0.29, 0.717) is 6.04 Å². The minimum atomic E-state index is 0.527. The number of hydrogen-bond acceptors (Lipinski definition) is 5. The summed E-state index contributed by atoms with van der Waals surface area (Å²) in [7, 11) is 6.15. The number of nitrogens with zero attached hydrogens (tertiary/aromatic N) is 4. The second-order valence-corrected chi connectivity index (χ2v) is 5.59. The van der Waals surface area contributed by atoms with Crippen LogP contribution in [0.1, 0.15) is 0 Å². The fraction of sp³-hybridized carbons (Fsp3) is 0.375. The summed E-state index contributed by atoms with van der Waals surface area (Å²) in [6, 6.07) is 8.77. The fourth-order valence-electron chi connectivity index (χ4n) is 2.46. The average Bonchev–Trinajstić information content (AvgIpc) is 2.45. The van der Waals surface area contributed by atoms with Crippen molar-refractivity contribution in [1.82, 2.24) is 15.3 Å². The van der Waals surface area contributed by atoms with E-state index < -0.39 is 0 Å². The predicted octanol–water partition coefficient (Wildman–Crippen LogP) is 1.62. The Morgan fingerprint density at radius 3 is 2.38 bits per heavy atom. The maximum atomic E-state index is 4.60. The molecule has 2 heterocycles. The first kappa shape index (κ1) is 13.8. The molecule has 0 amide bonds. The number of aromatic nitrogens is 2. The molecule has 0 unspecified atom stereocenters. The molecule has 1 aromatic carbocycles. The molecule has 1 fully saturated rings. The van der Waals surface area contributed by atoms with E-state index >= 15 is 0 Å². The third-order valence-electron chi connectivity index (χ3n) is 3.97. The molecule has 3 rings (SSSR count). The number of nitrogens with one attached hydrogen (secondary N) is 1. The van der Waals surface area contributed by atoms with E-state index in [1.165, 1.54) is 0 Å². The molecule has 0 atom stereocenters. The summed E-state index contributed by atoms with van der Waals surface area (Å²) in [6.07, 6.45) is 3.72. The van der Waals surface area contributed by atoms with Gasteiger partial charge in [-0.1, -0.05) is 18.2 Å². The van der Waals surface area contributed by atoms with Gasteiger partial charge in [-0.15, -0.1) is 0 Å². The quantitative estimate of drug-likeness (QED) is 0.923.